The van der Waals surface area contributed by atoms with E-state index in [1.165, 1.54) is 34.7 Å². The minimum Gasteiger partial charge on any atom is -0.399 e. The van der Waals surface area contributed by atoms with Crippen LogP contribution in [0, 0.1) is 0 Å². The average molecular weight is 571 g/mol. The van der Waals surface area contributed by atoms with Crippen molar-refractivity contribution in [3.05, 3.63) is 118 Å². The van der Waals surface area contributed by atoms with Crippen LogP contribution in [0.2, 0.25) is 0 Å². The molecule has 0 saturated heterocycles. The Morgan fingerprint density at radius 3 is 1.61 bits per heavy atom. The van der Waals surface area contributed by atoms with Crippen LogP contribution in [0.25, 0.3) is 0 Å². The molecule has 0 atom stereocenters. The predicted molar refractivity (Wildman–Crippen MR) is 145 cm³/mol. The van der Waals surface area contributed by atoms with Crippen molar-refractivity contribution in [3.8, 4) is 0 Å². The highest BCUT2D eigenvalue weighted by atomic mass is 19.4. The van der Waals surface area contributed by atoms with Gasteiger partial charge in [0.1, 0.15) is 0 Å². The lowest BCUT2D eigenvalue weighted by Crippen LogP contribution is -2.23. The first-order valence-corrected chi connectivity index (χ1v) is 12.5. The molecular weight excluding hydrogens is 546 g/mol. The number of carbonyl (C=O) groups is 1. The highest BCUT2D eigenvalue weighted by Gasteiger charge is 2.33. The topological polar surface area (TPSA) is 75.6 Å². The molecule has 6 rings (SSSR count). The molecule has 0 aliphatic carbocycles. The number of hydrogen-bond donors (Lipinski definition) is 2. The van der Waals surface area contributed by atoms with E-state index in [4.69, 9.17) is 11.5 Å². The molecule has 11 heteroatoms. The summed E-state index contributed by atoms with van der Waals surface area (Å²) in [6.45, 7) is 1.70. The number of carbonyl (C=O) groups excluding carboxylic acids is 1. The fourth-order valence-corrected chi connectivity index (χ4v) is 4.82. The van der Waals surface area contributed by atoms with Gasteiger partial charge in [0.15, 0.2) is 0 Å². The van der Waals surface area contributed by atoms with Crippen LogP contribution < -0.4 is 21.3 Å². The fourth-order valence-electron chi connectivity index (χ4n) is 4.82. The lowest BCUT2D eigenvalue weighted by atomic mass is 10.1. The molecule has 1 amide bonds. The van der Waals surface area contributed by atoms with Gasteiger partial charge >= 0.3 is 12.4 Å². The first-order chi connectivity index (χ1) is 19.3. The smallest absolute Gasteiger partial charge is 0.399 e. The highest BCUT2D eigenvalue weighted by molar-refractivity contribution is 6.10. The third-order valence-electron chi connectivity index (χ3n) is 6.96. The van der Waals surface area contributed by atoms with E-state index in [9.17, 15) is 31.1 Å². The van der Waals surface area contributed by atoms with Gasteiger partial charge < -0.3 is 21.3 Å². The van der Waals surface area contributed by atoms with Gasteiger partial charge in [0, 0.05) is 41.4 Å². The van der Waals surface area contributed by atoms with Crippen molar-refractivity contribution in [3.63, 3.8) is 0 Å². The molecule has 212 valence electrons. The van der Waals surface area contributed by atoms with E-state index >= 15 is 0 Å². The summed E-state index contributed by atoms with van der Waals surface area (Å²) in [5, 5.41) is 0. The zero-order chi connectivity index (χ0) is 29.5. The lowest BCUT2D eigenvalue weighted by Gasteiger charge is -2.18. The maximum atomic E-state index is 12.5. The molecule has 0 spiro atoms. The Hall–Kier alpha value is -4.67. The number of nitrogens with two attached hydrogens (primary N) is 2. The Balaban J connectivity index is 0.000000165. The monoisotopic (exact) mass is 570 g/mol. The standard InChI is InChI=1S/C15H11F3N2O.C15H13F3N2/c16-15(17,18)10-2-5-12(6-3-10)20-8-9-1-4-11(19)7-13(9)14(20)21;16-15(17,18)12-2-5-14(6-3-12)20-8-10-1-4-13(19)7-11(10)9-20/h1-7H,8,19H2;1-7H,8-9,19H2. The second-order valence-corrected chi connectivity index (χ2v) is 9.78. The van der Waals surface area contributed by atoms with Crippen molar-refractivity contribution in [2.45, 2.75) is 32.0 Å². The number of rotatable bonds is 2. The molecule has 4 aromatic rings. The van der Waals surface area contributed by atoms with E-state index in [-0.39, 0.29) is 5.91 Å². The molecule has 2 heterocycles. The Bertz CT molecular complexity index is 1580. The van der Waals surface area contributed by atoms with Crippen LogP contribution in [-0.2, 0) is 32.0 Å². The van der Waals surface area contributed by atoms with Crippen molar-refractivity contribution in [1.29, 1.82) is 0 Å². The fraction of sp³-hybridized carbons (Fsp3) is 0.167. The van der Waals surface area contributed by atoms with Crippen molar-refractivity contribution < 1.29 is 31.1 Å². The first kappa shape index (κ1) is 27.9. The van der Waals surface area contributed by atoms with Crippen LogP contribution in [0.3, 0.4) is 0 Å². The number of halogens is 6. The molecule has 5 nitrogen and oxygen atoms in total. The summed E-state index contributed by atoms with van der Waals surface area (Å²) >= 11 is 0. The lowest BCUT2D eigenvalue weighted by molar-refractivity contribution is -0.138. The molecule has 0 radical (unpaired) electrons. The van der Waals surface area contributed by atoms with E-state index in [1.807, 2.05) is 23.1 Å². The van der Waals surface area contributed by atoms with Gasteiger partial charge in [0.2, 0.25) is 0 Å². The molecule has 4 N–H and O–H groups in total. The normalized spacial score (nSPS) is 14.4. The number of fused-ring (bicyclic) bond motifs is 2. The zero-order valence-electron chi connectivity index (χ0n) is 21.4. The van der Waals surface area contributed by atoms with Crippen LogP contribution in [0.4, 0.5) is 49.1 Å². The third kappa shape index (κ3) is 5.93. The van der Waals surface area contributed by atoms with Gasteiger partial charge in [-0.25, -0.2) is 0 Å². The molecule has 2 aliphatic rings. The molecule has 0 aromatic heterocycles. The summed E-state index contributed by atoms with van der Waals surface area (Å²) in [4.78, 5) is 15.7. The van der Waals surface area contributed by atoms with Crippen molar-refractivity contribution in [2.75, 3.05) is 21.3 Å². The number of benzene rings is 4. The Labute approximate surface area is 231 Å². The van der Waals surface area contributed by atoms with E-state index < -0.39 is 23.5 Å². The minimum atomic E-state index is -4.38. The average Bonchev–Trinajstić information content (AvgIpc) is 3.49. The Morgan fingerprint density at radius 2 is 1.05 bits per heavy atom. The van der Waals surface area contributed by atoms with E-state index in [2.05, 4.69) is 0 Å². The van der Waals surface area contributed by atoms with Gasteiger partial charge in [-0.15, -0.1) is 0 Å². The molecule has 4 aromatic carbocycles. The zero-order valence-corrected chi connectivity index (χ0v) is 21.4. The molecule has 0 bridgehead atoms. The second kappa shape index (κ2) is 10.4. The maximum Gasteiger partial charge on any atom is 0.416 e. The van der Waals surface area contributed by atoms with Crippen LogP contribution in [0.15, 0.2) is 84.9 Å². The summed E-state index contributed by atoms with van der Waals surface area (Å²) in [5.74, 6) is -0.253. The van der Waals surface area contributed by atoms with Gasteiger partial charge in [-0.3, -0.25) is 4.79 Å². The number of nitrogens with zero attached hydrogens (tertiary/aromatic N) is 2. The largest absolute Gasteiger partial charge is 0.416 e. The van der Waals surface area contributed by atoms with Crippen molar-refractivity contribution in [2.24, 2.45) is 0 Å². The van der Waals surface area contributed by atoms with Crippen LogP contribution in [-0.4, -0.2) is 5.91 Å². The number of hydrogen-bond acceptors (Lipinski definition) is 4. The van der Waals surface area contributed by atoms with Gasteiger partial charge in [0.05, 0.1) is 17.7 Å². The molecule has 0 unspecified atom stereocenters. The Kier molecular flexibility index (Phi) is 7.06. The van der Waals surface area contributed by atoms with Crippen molar-refractivity contribution in [1.82, 2.24) is 0 Å². The summed E-state index contributed by atoms with van der Waals surface area (Å²) in [6.07, 6.45) is -8.67. The number of nitrogen functional groups attached to an aromatic ring is 2. The highest BCUT2D eigenvalue weighted by Crippen LogP contribution is 2.35. The summed E-state index contributed by atoms with van der Waals surface area (Å²) in [7, 11) is 0. The quantitative estimate of drug-likeness (QED) is 0.197. The SMILES string of the molecule is Nc1ccc2c(c1)C(=O)N(c1ccc(C(F)(F)F)cc1)C2.Nc1ccc2c(c1)CN(c1ccc(C(F)(F)F)cc1)C2. The molecule has 41 heavy (non-hydrogen) atoms. The third-order valence-corrected chi connectivity index (χ3v) is 6.96. The number of alkyl halides is 6. The van der Waals surface area contributed by atoms with Crippen molar-refractivity contribution >= 4 is 28.7 Å². The second-order valence-electron chi connectivity index (χ2n) is 9.78. The van der Waals surface area contributed by atoms with Gasteiger partial charge in [-0.2, -0.15) is 26.3 Å². The van der Waals surface area contributed by atoms with E-state index in [0.717, 1.165) is 41.1 Å². The minimum absolute atomic E-state index is 0.253. The molecular formula is C30H24F6N4O. The van der Waals surface area contributed by atoms with E-state index in [1.54, 1.807) is 18.2 Å². The molecule has 0 fully saturated rings. The van der Waals surface area contributed by atoms with Gasteiger partial charge in [0.25, 0.3) is 5.91 Å². The summed E-state index contributed by atoms with van der Waals surface area (Å²) in [5.41, 5.74) is 16.0. The maximum absolute atomic E-state index is 12.5. The number of anilines is 4. The van der Waals surface area contributed by atoms with E-state index in [0.29, 0.717) is 42.3 Å². The first-order valence-electron chi connectivity index (χ1n) is 12.5. The van der Waals surface area contributed by atoms with Crippen LogP contribution in [0.1, 0.15) is 38.2 Å². The predicted octanol–water partition coefficient (Wildman–Crippen LogP) is 7.26. The summed E-state index contributed by atoms with van der Waals surface area (Å²) < 4.78 is 75.2. The van der Waals surface area contributed by atoms with Gasteiger partial charge in [-0.05, 0) is 89.5 Å². The molecule has 2 aliphatic heterocycles. The van der Waals surface area contributed by atoms with Crippen LogP contribution in [0.5, 0.6) is 0 Å². The summed E-state index contributed by atoms with van der Waals surface area (Å²) in [6, 6.07) is 20.6. The van der Waals surface area contributed by atoms with Crippen LogP contribution >= 0.6 is 0 Å². The Morgan fingerprint density at radius 1 is 0.561 bits per heavy atom. The number of amides is 1. The molecule has 0 saturated carbocycles. The van der Waals surface area contributed by atoms with Gasteiger partial charge in [-0.1, -0.05) is 12.1 Å².